The zero-order valence-electron chi connectivity index (χ0n) is 20.6. The van der Waals surface area contributed by atoms with Crippen molar-refractivity contribution >= 4 is 39.9 Å². The second-order valence-corrected chi connectivity index (χ2v) is 11.6. The summed E-state index contributed by atoms with van der Waals surface area (Å²) >= 11 is 6.24. The van der Waals surface area contributed by atoms with Crippen LogP contribution in [0, 0.1) is 0 Å². The summed E-state index contributed by atoms with van der Waals surface area (Å²) in [6, 6.07) is 4.87. The lowest BCUT2D eigenvalue weighted by molar-refractivity contribution is -0.0856. The van der Waals surface area contributed by atoms with E-state index in [9.17, 15) is 22.0 Å². The molecule has 2 heterocycles. The van der Waals surface area contributed by atoms with Gasteiger partial charge in [0.05, 0.1) is 24.0 Å². The predicted molar refractivity (Wildman–Crippen MR) is 137 cm³/mol. The smallest absolute Gasteiger partial charge is 0.262 e. The van der Waals surface area contributed by atoms with E-state index in [1.54, 1.807) is 29.8 Å². The van der Waals surface area contributed by atoms with Gasteiger partial charge in [0.25, 0.3) is 15.9 Å². The molecule has 14 heteroatoms. The van der Waals surface area contributed by atoms with Crippen molar-refractivity contribution in [2.75, 3.05) is 39.8 Å². The van der Waals surface area contributed by atoms with E-state index in [0.29, 0.717) is 18.8 Å². The molecule has 0 bridgehead atoms. The van der Waals surface area contributed by atoms with E-state index in [1.165, 1.54) is 23.9 Å². The van der Waals surface area contributed by atoms with E-state index in [-0.39, 0.29) is 73.3 Å². The van der Waals surface area contributed by atoms with Gasteiger partial charge in [-0.25, -0.2) is 22.2 Å². The molecule has 1 aliphatic heterocycles. The molecule has 0 spiro atoms. The minimum atomic E-state index is -3.75. The highest BCUT2D eigenvalue weighted by Gasteiger charge is 2.48. The van der Waals surface area contributed by atoms with Gasteiger partial charge in [-0.15, -0.1) is 12.4 Å². The van der Waals surface area contributed by atoms with E-state index in [4.69, 9.17) is 16.3 Å². The number of benzene rings is 1. The number of sulfonamides is 1. The highest BCUT2D eigenvalue weighted by molar-refractivity contribution is 7.89. The first-order chi connectivity index (χ1) is 17.0. The van der Waals surface area contributed by atoms with E-state index < -0.39 is 27.4 Å². The van der Waals surface area contributed by atoms with Gasteiger partial charge in [0.15, 0.2) is 5.03 Å². The molecule has 9 nitrogen and oxygen atoms in total. The van der Waals surface area contributed by atoms with E-state index in [0.717, 1.165) is 0 Å². The van der Waals surface area contributed by atoms with E-state index in [2.05, 4.69) is 10.3 Å². The number of alkyl halides is 2. The molecule has 1 aromatic heterocycles. The summed E-state index contributed by atoms with van der Waals surface area (Å²) in [5.41, 5.74) is -0.545. The number of rotatable bonds is 7. The third kappa shape index (κ3) is 6.19. The second kappa shape index (κ2) is 11.4. The Hall–Kier alpha value is -1.99. The highest BCUT2D eigenvalue weighted by atomic mass is 35.5. The number of imidazole rings is 1. The molecule has 1 amide bonds. The van der Waals surface area contributed by atoms with Gasteiger partial charge in [0.2, 0.25) is 5.92 Å². The van der Waals surface area contributed by atoms with Gasteiger partial charge in [-0.2, -0.15) is 4.31 Å². The topological polar surface area (TPSA) is 96.8 Å². The largest absolute Gasteiger partial charge is 0.496 e. The monoisotopic (exact) mass is 581 g/mol. The average molecular weight is 583 g/mol. The van der Waals surface area contributed by atoms with Crippen molar-refractivity contribution < 1.29 is 26.7 Å². The minimum absolute atomic E-state index is 0. The van der Waals surface area contributed by atoms with Crippen LogP contribution in [0.1, 0.15) is 36.0 Å². The Morgan fingerprint density at radius 3 is 2.38 bits per heavy atom. The fourth-order valence-electron chi connectivity index (χ4n) is 4.97. The number of hydrogen-bond acceptors (Lipinski definition) is 6. The number of hydrogen-bond donors (Lipinski definition) is 1. The van der Waals surface area contributed by atoms with Crippen molar-refractivity contribution in [2.45, 2.75) is 42.2 Å². The molecule has 0 unspecified atom stereocenters. The summed E-state index contributed by atoms with van der Waals surface area (Å²) in [6.45, 7) is 1.22. The molecule has 2 aromatic rings. The Morgan fingerprint density at radius 2 is 1.81 bits per heavy atom. The van der Waals surface area contributed by atoms with Crippen molar-refractivity contribution in [1.29, 1.82) is 0 Å². The Morgan fingerprint density at radius 1 is 1.16 bits per heavy atom. The molecule has 206 valence electrons. The molecule has 0 atom stereocenters. The normalized spacial score (nSPS) is 20.1. The first-order valence-electron chi connectivity index (χ1n) is 11.7. The van der Waals surface area contributed by atoms with Crippen LogP contribution in [0.5, 0.6) is 5.75 Å². The maximum atomic E-state index is 14.1. The fraction of sp³-hybridized carbons (Fsp3) is 0.565. The van der Waals surface area contributed by atoms with Crippen molar-refractivity contribution in [2.24, 2.45) is 7.05 Å². The van der Waals surface area contributed by atoms with Gasteiger partial charge in [0.1, 0.15) is 5.75 Å². The number of nitrogens with zero attached hydrogens (tertiary/aromatic N) is 4. The standard InChI is InChI=1S/C23H30ClF2N5O4S.ClH/c1-29-14-19(28-16-29)36(33,34)31-12-10-30(11-13-31)22(6-8-23(25,26)9-7-22)15-27-21(32)20-17(24)4-3-5-18(20)35-2;/h3-5,14,16H,6-13,15H2,1-2H3,(H,27,32);1H. The summed E-state index contributed by atoms with van der Waals surface area (Å²) < 4.78 is 62.3. The number of halogens is 4. The minimum Gasteiger partial charge on any atom is -0.496 e. The van der Waals surface area contributed by atoms with Gasteiger partial charge < -0.3 is 14.6 Å². The fourth-order valence-corrected chi connectivity index (χ4v) is 6.61. The van der Waals surface area contributed by atoms with E-state index in [1.807, 2.05) is 4.90 Å². The highest BCUT2D eigenvalue weighted by Crippen LogP contribution is 2.42. The van der Waals surface area contributed by atoms with Crippen LogP contribution in [0.4, 0.5) is 8.78 Å². The average Bonchev–Trinajstić information content (AvgIpc) is 3.30. The lowest BCUT2D eigenvalue weighted by Crippen LogP contribution is -2.63. The number of carbonyl (C=O) groups is 1. The Balaban J connectivity index is 0.00000380. The van der Waals surface area contributed by atoms with Gasteiger partial charge in [-0.3, -0.25) is 9.69 Å². The van der Waals surface area contributed by atoms with Gasteiger partial charge in [0, 0.05) is 64.3 Å². The molecule has 37 heavy (non-hydrogen) atoms. The van der Waals surface area contributed by atoms with Gasteiger partial charge in [-0.1, -0.05) is 17.7 Å². The lowest BCUT2D eigenvalue weighted by Gasteiger charge is -2.50. The maximum absolute atomic E-state index is 14.1. The number of ether oxygens (including phenoxy) is 1. The zero-order chi connectivity index (χ0) is 26.1. The van der Waals surface area contributed by atoms with Crippen molar-refractivity contribution in [1.82, 2.24) is 24.1 Å². The summed E-state index contributed by atoms with van der Waals surface area (Å²) in [6.07, 6.45) is 2.62. The van der Waals surface area contributed by atoms with Crippen LogP contribution in [0.25, 0.3) is 0 Å². The van der Waals surface area contributed by atoms with Crippen molar-refractivity contribution in [3.63, 3.8) is 0 Å². The number of amides is 1. The molecule has 1 aliphatic carbocycles. The van der Waals surface area contributed by atoms with Gasteiger partial charge in [-0.05, 0) is 25.0 Å². The first kappa shape index (κ1) is 29.6. The number of methoxy groups -OCH3 is 1. The number of piperazine rings is 1. The number of aromatic nitrogens is 2. The molecule has 1 aromatic carbocycles. The Labute approximate surface area is 226 Å². The first-order valence-corrected chi connectivity index (χ1v) is 13.5. The third-order valence-electron chi connectivity index (χ3n) is 7.11. The predicted octanol–water partition coefficient (Wildman–Crippen LogP) is 3.19. The number of nitrogens with one attached hydrogen (secondary N) is 1. The van der Waals surface area contributed by atoms with Crippen molar-refractivity contribution in [3.8, 4) is 5.75 Å². The molecular formula is C23H31Cl2F2N5O4S. The van der Waals surface area contributed by atoms with Crippen LogP contribution in [0.2, 0.25) is 5.02 Å². The second-order valence-electron chi connectivity index (χ2n) is 9.35. The van der Waals surface area contributed by atoms with Crippen LogP contribution in [-0.4, -0.2) is 84.4 Å². The van der Waals surface area contributed by atoms with Crippen molar-refractivity contribution in [3.05, 3.63) is 41.3 Å². The quantitative estimate of drug-likeness (QED) is 0.539. The molecular weight excluding hydrogens is 551 g/mol. The molecule has 4 rings (SSSR count). The van der Waals surface area contributed by atoms with Crippen LogP contribution in [0.15, 0.2) is 35.7 Å². The Kier molecular flexibility index (Phi) is 9.11. The van der Waals surface area contributed by atoms with Gasteiger partial charge >= 0.3 is 0 Å². The Bertz CT molecular complexity index is 1210. The molecule has 1 saturated carbocycles. The summed E-state index contributed by atoms with van der Waals surface area (Å²) in [4.78, 5) is 19.1. The van der Waals surface area contributed by atoms with Crippen LogP contribution < -0.4 is 10.1 Å². The van der Waals surface area contributed by atoms with Crippen LogP contribution >= 0.6 is 24.0 Å². The maximum Gasteiger partial charge on any atom is 0.262 e. The molecule has 0 radical (unpaired) electrons. The molecule has 1 saturated heterocycles. The number of carbonyl (C=O) groups excluding carboxylic acids is 1. The molecule has 2 fully saturated rings. The van der Waals surface area contributed by atoms with E-state index >= 15 is 0 Å². The molecule has 2 aliphatic rings. The summed E-state index contributed by atoms with van der Waals surface area (Å²) in [7, 11) is -0.622. The third-order valence-corrected chi connectivity index (χ3v) is 9.21. The van der Waals surface area contributed by atoms with Crippen LogP contribution in [-0.2, 0) is 17.1 Å². The van der Waals surface area contributed by atoms with Crippen LogP contribution in [0.3, 0.4) is 0 Å². The summed E-state index contributed by atoms with van der Waals surface area (Å²) in [5.74, 6) is -2.90. The SMILES string of the molecule is COc1cccc(Cl)c1C(=O)NCC1(N2CCN(S(=O)(=O)c3cn(C)cn3)CC2)CCC(F)(F)CC1.Cl. The summed E-state index contributed by atoms with van der Waals surface area (Å²) in [5, 5.41) is 3.09. The number of aryl methyl sites for hydroxylation is 1. The zero-order valence-corrected chi connectivity index (χ0v) is 23.0. The lowest BCUT2D eigenvalue weighted by atomic mass is 9.78. The molecule has 1 N–H and O–H groups in total.